The van der Waals surface area contributed by atoms with Crippen molar-refractivity contribution < 1.29 is 18.3 Å². The summed E-state index contributed by atoms with van der Waals surface area (Å²) in [5, 5.41) is 10.3. The second kappa shape index (κ2) is 3.99. The van der Waals surface area contributed by atoms with E-state index in [1.165, 1.54) is 6.07 Å². The standard InChI is InChI=1S/C12H14F3NO/c1-16-6-5-11(17,8-16)9-3-2-4-10(7-9)12(13,14)15/h2-4,7,17H,5-6,8H2,1H3. The molecule has 1 N–H and O–H groups in total. The molecule has 1 unspecified atom stereocenters. The van der Waals surface area contributed by atoms with Crippen LogP contribution in [0.5, 0.6) is 0 Å². The van der Waals surface area contributed by atoms with Gasteiger partial charge in [0, 0.05) is 13.1 Å². The van der Waals surface area contributed by atoms with Gasteiger partial charge in [-0.3, -0.25) is 0 Å². The van der Waals surface area contributed by atoms with Crippen LogP contribution in [0.3, 0.4) is 0 Å². The summed E-state index contributed by atoms with van der Waals surface area (Å²) >= 11 is 0. The van der Waals surface area contributed by atoms with E-state index in [9.17, 15) is 18.3 Å². The van der Waals surface area contributed by atoms with Crippen LogP contribution in [0.2, 0.25) is 0 Å². The average Bonchev–Trinajstić information content (AvgIpc) is 2.59. The molecule has 1 aliphatic rings. The van der Waals surface area contributed by atoms with Crippen molar-refractivity contribution in [3.8, 4) is 0 Å². The number of nitrogens with zero attached hydrogens (tertiary/aromatic N) is 1. The number of halogens is 3. The summed E-state index contributed by atoms with van der Waals surface area (Å²) in [7, 11) is 1.84. The highest BCUT2D eigenvalue weighted by Crippen LogP contribution is 2.35. The lowest BCUT2D eigenvalue weighted by Crippen LogP contribution is -2.29. The highest BCUT2D eigenvalue weighted by Gasteiger charge is 2.38. The van der Waals surface area contributed by atoms with Crippen LogP contribution >= 0.6 is 0 Å². The summed E-state index contributed by atoms with van der Waals surface area (Å²) in [5.74, 6) is 0. The predicted octanol–water partition coefficient (Wildman–Crippen LogP) is 2.23. The van der Waals surface area contributed by atoms with Crippen molar-refractivity contribution in [3.63, 3.8) is 0 Å². The first-order valence-electron chi connectivity index (χ1n) is 5.40. The van der Waals surface area contributed by atoms with Gasteiger partial charge < -0.3 is 10.0 Å². The Morgan fingerprint density at radius 1 is 1.35 bits per heavy atom. The van der Waals surface area contributed by atoms with E-state index < -0.39 is 17.3 Å². The zero-order valence-corrected chi connectivity index (χ0v) is 9.46. The lowest BCUT2D eigenvalue weighted by atomic mass is 9.92. The minimum Gasteiger partial charge on any atom is -0.384 e. The van der Waals surface area contributed by atoms with E-state index in [4.69, 9.17) is 0 Å². The number of likely N-dealkylation sites (N-methyl/N-ethyl adjacent to an activating group) is 1. The van der Waals surface area contributed by atoms with Gasteiger partial charge in [-0.15, -0.1) is 0 Å². The zero-order valence-electron chi connectivity index (χ0n) is 9.46. The van der Waals surface area contributed by atoms with Crippen LogP contribution in [-0.2, 0) is 11.8 Å². The number of likely N-dealkylation sites (tertiary alicyclic amines) is 1. The zero-order chi connectivity index (χ0) is 12.7. The molecule has 0 amide bonds. The van der Waals surface area contributed by atoms with Crippen molar-refractivity contribution in [3.05, 3.63) is 35.4 Å². The monoisotopic (exact) mass is 245 g/mol. The number of aliphatic hydroxyl groups is 1. The van der Waals surface area contributed by atoms with E-state index in [-0.39, 0.29) is 0 Å². The second-order valence-electron chi connectivity index (χ2n) is 4.60. The van der Waals surface area contributed by atoms with E-state index in [2.05, 4.69) is 0 Å². The van der Waals surface area contributed by atoms with E-state index in [1.807, 2.05) is 11.9 Å². The van der Waals surface area contributed by atoms with Crippen molar-refractivity contribution in [1.82, 2.24) is 4.90 Å². The minimum absolute atomic E-state index is 0.344. The number of β-amino-alcohol motifs (C(OH)–C–C–N with tert-alkyl or cyclic N) is 1. The molecule has 1 heterocycles. The summed E-state index contributed by atoms with van der Waals surface area (Å²) in [5.41, 5.74) is -1.52. The van der Waals surface area contributed by atoms with E-state index in [1.54, 1.807) is 6.07 Å². The Morgan fingerprint density at radius 3 is 2.59 bits per heavy atom. The highest BCUT2D eigenvalue weighted by molar-refractivity contribution is 5.31. The molecular weight excluding hydrogens is 231 g/mol. The van der Waals surface area contributed by atoms with Crippen LogP contribution in [0, 0.1) is 0 Å². The molecule has 2 nitrogen and oxygen atoms in total. The second-order valence-corrected chi connectivity index (χ2v) is 4.60. The third-order valence-corrected chi connectivity index (χ3v) is 3.17. The molecular formula is C12H14F3NO. The molecule has 17 heavy (non-hydrogen) atoms. The van der Waals surface area contributed by atoms with Crippen molar-refractivity contribution in [2.45, 2.75) is 18.2 Å². The summed E-state index contributed by atoms with van der Waals surface area (Å²) < 4.78 is 37.7. The Morgan fingerprint density at radius 2 is 2.06 bits per heavy atom. The van der Waals surface area contributed by atoms with Crippen LogP contribution in [-0.4, -0.2) is 30.1 Å². The molecule has 1 aliphatic heterocycles. The van der Waals surface area contributed by atoms with Crippen LogP contribution < -0.4 is 0 Å². The van der Waals surface area contributed by atoms with Gasteiger partial charge in [0.2, 0.25) is 0 Å². The minimum atomic E-state index is -4.36. The summed E-state index contributed by atoms with van der Waals surface area (Å²) in [6.07, 6.45) is -3.90. The third kappa shape index (κ3) is 2.45. The lowest BCUT2D eigenvalue weighted by Gasteiger charge is -2.23. The molecule has 0 saturated carbocycles. The Kier molecular flexibility index (Phi) is 2.91. The molecule has 2 rings (SSSR count). The molecule has 1 atom stereocenters. The first kappa shape index (κ1) is 12.4. The summed E-state index contributed by atoms with van der Waals surface area (Å²) in [6, 6.07) is 4.95. The molecule has 1 saturated heterocycles. The Bertz CT molecular complexity index is 418. The van der Waals surface area contributed by atoms with Crippen molar-refractivity contribution in [1.29, 1.82) is 0 Å². The van der Waals surface area contributed by atoms with Gasteiger partial charge in [-0.1, -0.05) is 12.1 Å². The number of hydrogen-bond donors (Lipinski definition) is 1. The topological polar surface area (TPSA) is 23.5 Å². The molecule has 94 valence electrons. The molecule has 1 aromatic rings. The SMILES string of the molecule is CN1CCC(O)(c2cccc(C(F)(F)F)c2)C1. The summed E-state index contributed by atoms with van der Waals surface area (Å²) in [6.45, 7) is 1.06. The van der Waals surface area contributed by atoms with Gasteiger partial charge in [0.15, 0.2) is 0 Å². The van der Waals surface area contributed by atoms with Crippen molar-refractivity contribution >= 4 is 0 Å². The van der Waals surface area contributed by atoms with Gasteiger partial charge in [-0.05, 0) is 31.2 Å². The van der Waals surface area contributed by atoms with Crippen LogP contribution in [0.4, 0.5) is 13.2 Å². The maximum Gasteiger partial charge on any atom is 0.416 e. The predicted molar refractivity (Wildman–Crippen MR) is 57.5 cm³/mol. The van der Waals surface area contributed by atoms with Crippen LogP contribution in [0.15, 0.2) is 24.3 Å². The van der Waals surface area contributed by atoms with E-state index in [0.29, 0.717) is 25.1 Å². The Labute approximate surface area is 97.7 Å². The Hall–Kier alpha value is -1.07. The van der Waals surface area contributed by atoms with Crippen molar-refractivity contribution in [2.24, 2.45) is 0 Å². The van der Waals surface area contributed by atoms with Gasteiger partial charge in [-0.2, -0.15) is 13.2 Å². The Balaban J connectivity index is 2.34. The van der Waals surface area contributed by atoms with Gasteiger partial charge in [0.25, 0.3) is 0 Å². The van der Waals surface area contributed by atoms with E-state index >= 15 is 0 Å². The number of hydrogen-bond acceptors (Lipinski definition) is 2. The fourth-order valence-electron chi connectivity index (χ4n) is 2.20. The first-order valence-corrected chi connectivity index (χ1v) is 5.40. The van der Waals surface area contributed by atoms with Crippen LogP contribution in [0.25, 0.3) is 0 Å². The van der Waals surface area contributed by atoms with Gasteiger partial charge in [0.05, 0.1) is 5.56 Å². The van der Waals surface area contributed by atoms with Gasteiger partial charge in [-0.25, -0.2) is 0 Å². The fraction of sp³-hybridized carbons (Fsp3) is 0.500. The maximum atomic E-state index is 12.6. The average molecular weight is 245 g/mol. The molecule has 0 aromatic heterocycles. The van der Waals surface area contributed by atoms with Crippen LogP contribution in [0.1, 0.15) is 17.5 Å². The first-order chi connectivity index (χ1) is 7.81. The summed E-state index contributed by atoms with van der Waals surface area (Å²) in [4.78, 5) is 1.90. The molecule has 0 aliphatic carbocycles. The molecule has 0 radical (unpaired) electrons. The smallest absolute Gasteiger partial charge is 0.384 e. The molecule has 0 spiro atoms. The highest BCUT2D eigenvalue weighted by atomic mass is 19.4. The number of rotatable bonds is 1. The van der Waals surface area contributed by atoms with Gasteiger partial charge >= 0.3 is 6.18 Å². The maximum absolute atomic E-state index is 12.6. The van der Waals surface area contributed by atoms with Gasteiger partial charge in [0.1, 0.15) is 5.60 Å². The number of alkyl halides is 3. The number of benzene rings is 1. The molecule has 1 fully saturated rings. The molecule has 1 aromatic carbocycles. The van der Waals surface area contributed by atoms with E-state index in [0.717, 1.165) is 12.1 Å². The quantitative estimate of drug-likeness (QED) is 0.820. The fourth-order valence-corrected chi connectivity index (χ4v) is 2.20. The third-order valence-electron chi connectivity index (χ3n) is 3.17. The largest absolute Gasteiger partial charge is 0.416 e. The lowest BCUT2D eigenvalue weighted by molar-refractivity contribution is -0.137. The molecule has 0 bridgehead atoms. The normalized spacial score (nSPS) is 26.4. The molecule has 5 heteroatoms. The van der Waals surface area contributed by atoms with Crippen molar-refractivity contribution in [2.75, 3.05) is 20.1 Å².